The Bertz CT molecular complexity index is 478. The maximum absolute atomic E-state index is 11.7. The maximum atomic E-state index is 11.7. The van der Waals surface area contributed by atoms with E-state index in [1.54, 1.807) is 6.07 Å². The third-order valence-electron chi connectivity index (χ3n) is 3.42. The molecular weight excluding hydrogens is 216 g/mol. The van der Waals surface area contributed by atoms with Crippen molar-refractivity contribution in [2.45, 2.75) is 18.9 Å². The number of rotatable bonds is 1. The third-order valence-corrected chi connectivity index (χ3v) is 3.42. The molecule has 2 heterocycles. The molecule has 1 aromatic carbocycles. The van der Waals surface area contributed by atoms with E-state index in [9.17, 15) is 4.79 Å². The molecule has 0 radical (unpaired) electrons. The first-order chi connectivity index (χ1) is 8.27. The Kier molecular flexibility index (Phi) is 2.44. The first kappa shape index (κ1) is 10.5. The lowest BCUT2D eigenvalue weighted by Gasteiger charge is -2.31. The number of hydrogen-bond donors (Lipinski definition) is 1. The summed E-state index contributed by atoms with van der Waals surface area (Å²) in [6.45, 7) is 1.91. The van der Waals surface area contributed by atoms with Gasteiger partial charge in [-0.05, 0) is 32.0 Å². The SMILES string of the molecule is N=C1C(=O)Oc2ccccc2C1N1CCCC1. The first-order valence-electron chi connectivity index (χ1n) is 5.91. The molecule has 1 saturated heterocycles. The zero-order chi connectivity index (χ0) is 11.8. The maximum Gasteiger partial charge on any atom is 0.359 e. The molecule has 4 nitrogen and oxygen atoms in total. The molecule has 3 rings (SSSR count). The van der Waals surface area contributed by atoms with Gasteiger partial charge in [0.25, 0.3) is 0 Å². The molecule has 0 amide bonds. The minimum atomic E-state index is -0.513. The van der Waals surface area contributed by atoms with Gasteiger partial charge in [0.1, 0.15) is 11.5 Å². The fourth-order valence-electron chi connectivity index (χ4n) is 2.60. The van der Waals surface area contributed by atoms with Gasteiger partial charge in [-0.3, -0.25) is 10.3 Å². The lowest BCUT2D eigenvalue weighted by molar-refractivity contribution is -0.128. The predicted molar refractivity (Wildman–Crippen MR) is 63.4 cm³/mol. The summed E-state index contributed by atoms with van der Waals surface area (Å²) < 4.78 is 5.14. The van der Waals surface area contributed by atoms with Crippen LogP contribution in [-0.2, 0) is 4.79 Å². The molecule has 0 saturated carbocycles. The van der Waals surface area contributed by atoms with Gasteiger partial charge in [-0.15, -0.1) is 0 Å². The molecule has 0 aliphatic carbocycles. The van der Waals surface area contributed by atoms with Crippen LogP contribution in [0.25, 0.3) is 0 Å². The van der Waals surface area contributed by atoms with Crippen LogP contribution in [0, 0.1) is 5.41 Å². The molecule has 0 aromatic heterocycles. The lowest BCUT2D eigenvalue weighted by atomic mass is 9.97. The van der Waals surface area contributed by atoms with Gasteiger partial charge in [0, 0.05) is 5.56 Å². The fourth-order valence-corrected chi connectivity index (χ4v) is 2.60. The monoisotopic (exact) mass is 230 g/mol. The van der Waals surface area contributed by atoms with E-state index in [-0.39, 0.29) is 11.8 Å². The highest BCUT2D eigenvalue weighted by Gasteiger charge is 2.37. The zero-order valence-corrected chi connectivity index (χ0v) is 9.48. The van der Waals surface area contributed by atoms with Crippen LogP contribution in [-0.4, -0.2) is 29.7 Å². The summed E-state index contributed by atoms with van der Waals surface area (Å²) in [6, 6.07) is 7.30. The summed E-state index contributed by atoms with van der Waals surface area (Å²) in [7, 11) is 0. The molecule has 1 unspecified atom stereocenters. The molecule has 2 aliphatic rings. The third kappa shape index (κ3) is 1.65. The van der Waals surface area contributed by atoms with Crippen molar-refractivity contribution in [1.82, 2.24) is 4.90 Å². The van der Waals surface area contributed by atoms with Crippen molar-refractivity contribution in [3.63, 3.8) is 0 Å². The van der Waals surface area contributed by atoms with Gasteiger partial charge in [0.05, 0.1) is 6.04 Å². The molecule has 0 spiro atoms. The molecule has 4 heteroatoms. The normalized spacial score (nSPS) is 24.6. The Morgan fingerprint density at radius 3 is 2.71 bits per heavy atom. The highest BCUT2D eigenvalue weighted by Crippen LogP contribution is 2.36. The smallest absolute Gasteiger partial charge is 0.359 e. The average molecular weight is 230 g/mol. The number of fused-ring (bicyclic) bond motifs is 1. The topological polar surface area (TPSA) is 53.4 Å². The zero-order valence-electron chi connectivity index (χ0n) is 9.48. The van der Waals surface area contributed by atoms with Crippen molar-refractivity contribution in [3.8, 4) is 5.75 Å². The van der Waals surface area contributed by atoms with Crippen LogP contribution in [0.15, 0.2) is 24.3 Å². The van der Waals surface area contributed by atoms with Crippen molar-refractivity contribution in [2.24, 2.45) is 0 Å². The van der Waals surface area contributed by atoms with Crippen molar-refractivity contribution in [2.75, 3.05) is 13.1 Å². The molecule has 1 aromatic rings. The number of likely N-dealkylation sites (tertiary alicyclic amines) is 1. The van der Waals surface area contributed by atoms with Crippen LogP contribution >= 0.6 is 0 Å². The molecule has 17 heavy (non-hydrogen) atoms. The molecule has 1 atom stereocenters. The van der Waals surface area contributed by atoms with Crippen LogP contribution in [0.1, 0.15) is 24.4 Å². The van der Waals surface area contributed by atoms with Gasteiger partial charge in [0.2, 0.25) is 0 Å². The quantitative estimate of drug-likeness (QED) is 0.591. The number of hydrogen-bond acceptors (Lipinski definition) is 4. The number of nitrogens with zero attached hydrogens (tertiary/aromatic N) is 1. The van der Waals surface area contributed by atoms with Crippen LogP contribution < -0.4 is 4.74 Å². The Balaban J connectivity index is 2.05. The lowest BCUT2D eigenvalue weighted by Crippen LogP contribution is -2.40. The minimum absolute atomic E-state index is 0.0607. The van der Waals surface area contributed by atoms with E-state index in [1.165, 1.54) is 0 Å². The molecule has 0 bridgehead atoms. The van der Waals surface area contributed by atoms with E-state index < -0.39 is 5.97 Å². The second-order valence-electron chi connectivity index (χ2n) is 4.49. The van der Waals surface area contributed by atoms with Crippen LogP contribution in [0.4, 0.5) is 0 Å². The van der Waals surface area contributed by atoms with Gasteiger partial charge in [0.15, 0.2) is 0 Å². The molecule has 2 aliphatic heterocycles. The number of carbonyl (C=O) groups is 1. The Morgan fingerprint density at radius 1 is 1.24 bits per heavy atom. The Labute approximate surface area is 99.7 Å². The summed E-state index contributed by atoms with van der Waals surface area (Å²) in [5, 5.41) is 7.93. The summed E-state index contributed by atoms with van der Waals surface area (Å²) >= 11 is 0. The van der Waals surface area contributed by atoms with Gasteiger partial charge in [-0.1, -0.05) is 18.2 Å². The first-order valence-corrected chi connectivity index (χ1v) is 5.91. The van der Waals surface area contributed by atoms with Crippen LogP contribution in [0.3, 0.4) is 0 Å². The predicted octanol–water partition coefficient (Wildman–Crippen LogP) is 1.76. The van der Waals surface area contributed by atoms with Gasteiger partial charge >= 0.3 is 5.97 Å². The summed E-state index contributed by atoms with van der Waals surface area (Å²) in [5.41, 5.74) is 1.00. The Morgan fingerprint density at radius 2 is 1.94 bits per heavy atom. The van der Waals surface area contributed by atoms with Gasteiger partial charge in [-0.2, -0.15) is 0 Å². The standard InChI is InChI=1S/C13H14N2O2/c14-11-12(15-7-3-4-8-15)9-5-1-2-6-10(9)17-13(11)16/h1-2,5-6,12,14H,3-4,7-8H2. The van der Waals surface area contributed by atoms with Gasteiger partial charge < -0.3 is 4.74 Å². The highest BCUT2D eigenvalue weighted by molar-refractivity contribution is 6.38. The number of esters is 1. The van der Waals surface area contributed by atoms with E-state index in [0.717, 1.165) is 31.5 Å². The van der Waals surface area contributed by atoms with Crippen LogP contribution in [0.5, 0.6) is 5.75 Å². The Hall–Kier alpha value is -1.68. The molecule has 88 valence electrons. The number of nitrogens with one attached hydrogen (secondary N) is 1. The average Bonchev–Trinajstić information content (AvgIpc) is 2.84. The van der Waals surface area contributed by atoms with Crippen molar-refractivity contribution >= 4 is 11.7 Å². The van der Waals surface area contributed by atoms with E-state index >= 15 is 0 Å². The number of carbonyl (C=O) groups excluding carboxylic acids is 1. The second kappa shape index (κ2) is 3.96. The number of ether oxygens (including phenoxy) is 1. The summed E-state index contributed by atoms with van der Waals surface area (Å²) in [6.07, 6.45) is 2.28. The summed E-state index contributed by atoms with van der Waals surface area (Å²) in [4.78, 5) is 13.8. The summed E-state index contributed by atoms with van der Waals surface area (Å²) in [5.74, 6) is 0.0889. The van der Waals surface area contributed by atoms with E-state index in [0.29, 0.717) is 5.75 Å². The highest BCUT2D eigenvalue weighted by atomic mass is 16.5. The molecular formula is C13H14N2O2. The number of para-hydroxylation sites is 1. The largest absolute Gasteiger partial charge is 0.422 e. The van der Waals surface area contributed by atoms with Gasteiger partial charge in [-0.25, -0.2) is 4.79 Å². The molecule has 1 N–H and O–H groups in total. The fraction of sp³-hybridized carbons (Fsp3) is 0.385. The van der Waals surface area contributed by atoms with Crippen LogP contribution in [0.2, 0.25) is 0 Å². The minimum Gasteiger partial charge on any atom is -0.422 e. The number of benzene rings is 1. The van der Waals surface area contributed by atoms with Crippen molar-refractivity contribution < 1.29 is 9.53 Å². The van der Waals surface area contributed by atoms with E-state index in [1.807, 2.05) is 18.2 Å². The molecule has 1 fully saturated rings. The second-order valence-corrected chi connectivity index (χ2v) is 4.49. The van der Waals surface area contributed by atoms with E-state index in [2.05, 4.69) is 4.90 Å². The van der Waals surface area contributed by atoms with E-state index in [4.69, 9.17) is 10.1 Å². The van der Waals surface area contributed by atoms with Crippen molar-refractivity contribution in [3.05, 3.63) is 29.8 Å². The van der Waals surface area contributed by atoms with Crippen molar-refractivity contribution in [1.29, 1.82) is 5.41 Å².